The number of aromatic nitrogens is 2. The van der Waals surface area contributed by atoms with Crippen molar-refractivity contribution in [2.45, 2.75) is 6.92 Å². The van der Waals surface area contributed by atoms with Crippen LogP contribution < -0.4 is 0 Å². The van der Waals surface area contributed by atoms with Gasteiger partial charge in [-0.05, 0) is 100 Å². The largest absolute Gasteiger partial charge is 0.436 e. The maximum Gasteiger partial charge on any atom is 0.227 e. The van der Waals surface area contributed by atoms with Crippen molar-refractivity contribution in [2.24, 2.45) is 0 Å². The van der Waals surface area contributed by atoms with Crippen LogP contribution in [0.4, 0.5) is 0 Å². The molecule has 3 nitrogen and oxygen atoms in total. The smallest absolute Gasteiger partial charge is 0.227 e. The first-order valence-electron chi connectivity index (χ1n) is 16.0. The van der Waals surface area contributed by atoms with Crippen LogP contribution in [-0.4, -0.2) is 9.55 Å². The zero-order valence-corrected chi connectivity index (χ0v) is 25.9. The van der Waals surface area contributed by atoms with Crippen molar-refractivity contribution in [3.8, 4) is 50.5 Å². The van der Waals surface area contributed by atoms with Crippen molar-refractivity contribution in [1.29, 1.82) is 0 Å². The SMILES string of the molecule is Cc1ccc2nc(-c3ccc(-c4ccccc4-c4ccccc4-c4ccc5c(c4)c4ccccc4n5-c4ccccc4)cc3)oc2c1. The number of fused-ring (bicyclic) bond motifs is 4. The Bertz CT molecular complexity index is 2570. The summed E-state index contributed by atoms with van der Waals surface area (Å²) < 4.78 is 8.47. The highest BCUT2D eigenvalue weighted by atomic mass is 16.3. The molecule has 0 N–H and O–H groups in total. The van der Waals surface area contributed by atoms with E-state index in [0.29, 0.717) is 5.89 Å². The summed E-state index contributed by atoms with van der Waals surface area (Å²) >= 11 is 0. The fraction of sp³-hybridized carbons (Fsp3) is 0.0227. The lowest BCUT2D eigenvalue weighted by Crippen LogP contribution is -1.93. The summed E-state index contributed by atoms with van der Waals surface area (Å²) in [5.41, 5.74) is 14.5. The summed E-state index contributed by atoms with van der Waals surface area (Å²) in [7, 11) is 0. The molecule has 0 aliphatic rings. The van der Waals surface area contributed by atoms with Crippen LogP contribution in [-0.2, 0) is 0 Å². The van der Waals surface area contributed by atoms with E-state index >= 15 is 0 Å². The second-order valence-electron chi connectivity index (χ2n) is 12.1. The van der Waals surface area contributed by atoms with Gasteiger partial charge in [-0.15, -0.1) is 0 Å². The molecule has 0 spiro atoms. The Morgan fingerprint density at radius 3 is 1.83 bits per heavy atom. The van der Waals surface area contributed by atoms with Gasteiger partial charge < -0.3 is 8.98 Å². The molecule has 0 aliphatic heterocycles. The van der Waals surface area contributed by atoms with Gasteiger partial charge in [-0.25, -0.2) is 4.98 Å². The number of benzene rings is 7. The normalized spacial score (nSPS) is 11.5. The van der Waals surface area contributed by atoms with Crippen LogP contribution in [0.2, 0.25) is 0 Å². The summed E-state index contributed by atoms with van der Waals surface area (Å²) in [5, 5.41) is 2.50. The van der Waals surface area contributed by atoms with Gasteiger partial charge >= 0.3 is 0 Å². The van der Waals surface area contributed by atoms with Crippen LogP contribution in [0.3, 0.4) is 0 Å². The van der Waals surface area contributed by atoms with E-state index in [0.717, 1.165) is 33.5 Å². The van der Waals surface area contributed by atoms with Crippen molar-refractivity contribution >= 4 is 32.9 Å². The molecule has 3 heteroatoms. The van der Waals surface area contributed by atoms with Crippen molar-refractivity contribution in [1.82, 2.24) is 9.55 Å². The number of hydrogen-bond donors (Lipinski definition) is 0. The first kappa shape index (κ1) is 27.1. The Kier molecular flexibility index (Phi) is 6.36. The van der Waals surface area contributed by atoms with Gasteiger partial charge in [-0.1, -0.05) is 109 Å². The number of aryl methyl sites for hydroxylation is 1. The topological polar surface area (TPSA) is 31.0 Å². The lowest BCUT2D eigenvalue weighted by molar-refractivity contribution is 0.619. The van der Waals surface area contributed by atoms with Crippen LogP contribution in [0.1, 0.15) is 5.56 Å². The summed E-state index contributed by atoms with van der Waals surface area (Å²) in [6.07, 6.45) is 0. The number of oxazole rings is 1. The number of para-hydroxylation sites is 2. The minimum atomic E-state index is 0.639. The first-order chi connectivity index (χ1) is 23.2. The van der Waals surface area contributed by atoms with E-state index in [9.17, 15) is 0 Å². The average molecular weight is 603 g/mol. The quantitative estimate of drug-likeness (QED) is 0.196. The molecule has 0 saturated heterocycles. The Balaban J connectivity index is 1.14. The molecular formula is C44H30N2O. The maximum atomic E-state index is 6.11. The summed E-state index contributed by atoms with van der Waals surface area (Å²) in [6, 6.07) is 58.3. The van der Waals surface area contributed by atoms with Gasteiger partial charge in [0.1, 0.15) is 5.52 Å². The van der Waals surface area contributed by atoms with E-state index in [1.165, 1.54) is 49.6 Å². The summed E-state index contributed by atoms with van der Waals surface area (Å²) in [6.45, 7) is 2.06. The minimum Gasteiger partial charge on any atom is -0.436 e. The van der Waals surface area contributed by atoms with E-state index in [2.05, 4.69) is 163 Å². The standard InChI is InChI=1S/C44H30N2O/c1-29-19-25-40-43(27-29)47-44(45-40)31-22-20-30(21-23-31)34-13-5-7-15-36(34)37-16-8-6-14-35(37)32-24-26-42-39(28-32)38-17-9-10-18-41(38)46(42)33-11-3-2-4-12-33/h2-28H,1H3. The fourth-order valence-electron chi connectivity index (χ4n) is 6.88. The molecule has 0 unspecified atom stereocenters. The van der Waals surface area contributed by atoms with E-state index < -0.39 is 0 Å². The van der Waals surface area contributed by atoms with Crippen molar-refractivity contribution in [2.75, 3.05) is 0 Å². The van der Waals surface area contributed by atoms with Crippen molar-refractivity contribution in [3.63, 3.8) is 0 Å². The predicted molar refractivity (Wildman–Crippen MR) is 195 cm³/mol. The molecule has 222 valence electrons. The van der Waals surface area contributed by atoms with Gasteiger partial charge in [0.15, 0.2) is 5.58 Å². The van der Waals surface area contributed by atoms with Crippen molar-refractivity contribution in [3.05, 3.63) is 169 Å². The van der Waals surface area contributed by atoms with E-state index in [4.69, 9.17) is 9.40 Å². The monoisotopic (exact) mass is 602 g/mol. The number of hydrogen-bond acceptors (Lipinski definition) is 2. The van der Waals surface area contributed by atoms with Gasteiger partial charge in [-0.2, -0.15) is 0 Å². The molecule has 0 aliphatic carbocycles. The second kappa shape index (κ2) is 11.0. The Labute approximate surface area is 273 Å². The molecule has 0 radical (unpaired) electrons. The first-order valence-corrected chi connectivity index (χ1v) is 16.0. The highest BCUT2D eigenvalue weighted by molar-refractivity contribution is 6.11. The molecule has 0 saturated carbocycles. The molecule has 0 amide bonds. The molecule has 47 heavy (non-hydrogen) atoms. The Morgan fingerprint density at radius 1 is 0.468 bits per heavy atom. The zero-order valence-electron chi connectivity index (χ0n) is 25.9. The molecule has 0 fully saturated rings. The lowest BCUT2D eigenvalue weighted by Gasteiger charge is -2.15. The van der Waals surface area contributed by atoms with Gasteiger partial charge in [0.05, 0.1) is 11.0 Å². The summed E-state index contributed by atoms with van der Waals surface area (Å²) in [4.78, 5) is 4.73. The zero-order chi connectivity index (χ0) is 31.3. The molecule has 2 aromatic heterocycles. The third-order valence-corrected chi connectivity index (χ3v) is 9.13. The molecule has 7 aromatic carbocycles. The van der Waals surface area contributed by atoms with Crippen LogP contribution in [0.15, 0.2) is 168 Å². The van der Waals surface area contributed by atoms with Gasteiger partial charge in [0.2, 0.25) is 5.89 Å². The van der Waals surface area contributed by atoms with Crippen LogP contribution >= 0.6 is 0 Å². The van der Waals surface area contributed by atoms with Gasteiger partial charge in [0, 0.05) is 22.0 Å². The van der Waals surface area contributed by atoms with E-state index in [1.807, 2.05) is 12.1 Å². The maximum absolute atomic E-state index is 6.11. The van der Waals surface area contributed by atoms with E-state index in [-0.39, 0.29) is 0 Å². The number of nitrogens with zero attached hydrogens (tertiary/aromatic N) is 2. The molecule has 9 aromatic rings. The highest BCUT2D eigenvalue weighted by Crippen LogP contribution is 2.41. The van der Waals surface area contributed by atoms with Gasteiger partial charge in [0.25, 0.3) is 0 Å². The predicted octanol–water partition coefficient (Wildman–Crippen LogP) is 11.9. The van der Waals surface area contributed by atoms with Gasteiger partial charge in [-0.3, -0.25) is 0 Å². The molecule has 0 bridgehead atoms. The highest BCUT2D eigenvalue weighted by Gasteiger charge is 2.16. The van der Waals surface area contributed by atoms with E-state index in [1.54, 1.807) is 0 Å². The third kappa shape index (κ3) is 4.63. The second-order valence-corrected chi connectivity index (χ2v) is 12.1. The third-order valence-electron chi connectivity index (χ3n) is 9.13. The Morgan fingerprint density at radius 2 is 1.06 bits per heavy atom. The molecular weight excluding hydrogens is 572 g/mol. The minimum absolute atomic E-state index is 0.639. The van der Waals surface area contributed by atoms with Crippen LogP contribution in [0, 0.1) is 6.92 Å². The van der Waals surface area contributed by atoms with Crippen LogP contribution in [0.25, 0.3) is 83.4 Å². The molecule has 0 atom stereocenters. The van der Waals surface area contributed by atoms with Crippen molar-refractivity contribution < 1.29 is 4.42 Å². The molecule has 2 heterocycles. The fourth-order valence-corrected chi connectivity index (χ4v) is 6.88. The number of rotatable bonds is 5. The lowest BCUT2D eigenvalue weighted by atomic mass is 9.89. The summed E-state index contributed by atoms with van der Waals surface area (Å²) in [5.74, 6) is 0.639. The van der Waals surface area contributed by atoms with Crippen LogP contribution in [0.5, 0.6) is 0 Å². The molecule has 9 rings (SSSR count). The Hall–Kier alpha value is -6.19. The average Bonchev–Trinajstić information content (AvgIpc) is 3.71.